The summed E-state index contributed by atoms with van der Waals surface area (Å²) in [6, 6.07) is 14.1. The molecule has 4 rings (SSSR count). The lowest BCUT2D eigenvalue weighted by molar-refractivity contribution is 0.0957. The number of benzene rings is 1. The Hall–Kier alpha value is -2.64. The Labute approximate surface area is 181 Å². The summed E-state index contributed by atoms with van der Waals surface area (Å²) >= 11 is 1.81. The molecule has 158 valence electrons. The number of piperazine rings is 1. The van der Waals surface area contributed by atoms with Crippen molar-refractivity contribution >= 4 is 33.0 Å². The number of nitrogens with one attached hydrogen (secondary N) is 1. The van der Waals surface area contributed by atoms with Gasteiger partial charge < -0.3 is 15.0 Å². The monoisotopic (exact) mass is 424 g/mol. The van der Waals surface area contributed by atoms with E-state index >= 15 is 0 Å². The summed E-state index contributed by atoms with van der Waals surface area (Å²) in [6.45, 7) is 6.04. The second-order valence-corrected chi connectivity index (χ2v) is 8.38. The van der Waals surface area contributed by atoms with Gasteiger partial charge in [-0.1, -0.05) is 12.1 Å². The van der Waals surface area contributed by atoms with Gasteiger partial charge in [-0.05, 0) is 49.0 Å². The average molecular weight is 425 g/mol. The number of nitrogens with zero attached hydrogens (tertiary/aromatic N) is 3. The van der Waals surface area contributed by atoms with Crippen LogP contribution in [0.2, 0.25) is 0 Å². The van der Waals surface area contributed by atoms with Crippen molar-refractivity contribution in [3.8, 4) is 5.88 Å². The molecule has 1 aromatic carbocycles. The first-order valence-electron chi connectivity index (χ1n) is 10.5. The Morgan fingerprint density at radius 2 is 1.93 bits per heavy atom. The molecule has 0 radical (unpaired) electrons. The Morgan fingerprint density at radius 3 is 2.77 bits per heavy atom. The summed E-state index contributed by atoms with van der Waals surface area (Å²) in [5.41, 5.74) is 1.75. The predicted molar refractivity (Wildman–Crippen MR) is 123 cm³/mol. The minimum absolute atomic E-state index is 0.199. The number of anilines is 1. The molecule has 6 nitrogen and oxygen atoms in total. The number of rotatable bonds is 8. The van der Waals surface area contributed by atoms with Gasteiger partial charge in [-0.3, -0.25) is 9.69 Å². The molecule has 3 heterocycles. The molecule has 1 aliphatic rings. The molecular weight excluding hydrogens is 396 g/mol. The van der Waals surface area contributed by atoms with Gasteiger partial charge in [0.25, 0.3) is 5.91 Å². The SMILES string of the molecule is CNC(=O)c1cccc(OCCCCN2CCN(c3cccc4sccc34)CC2)n1. The summed E-state index contributed by atoms with van der Waals surface area (Å²) in [4.78, 5) is 20.9. The second-order valence-electron chi connectivity index (χ2n) is 7.43. The number of hydrogen-bond acceptors (Lipinski definition) is 6. The molecule has 1 saturated heterocycles. The molecule has 1 amide bonds. The first kappa shape index (κ1) is 20.6. The highest BCUT2D eigenvalue weighted by Gasteiger charge is 2.18. The molecule has 0 unspecified atom stereocenters. The van der Waals surface area contributed by atoms with Gasteiger partial charge in [-0.15, -0.1) is 11.3 Å². The van der Waals surface area contributed by atoms with Crippen LogP contribution in [0.15, 0.2) is 47.8 Å². The lowest BCUT2D eigenvalue weighted by Gasteiger charge is -2.36. The fraction of sp³-hybridized carbons (Fsp3) is 0.391. The molecule has 30 heavy (non-hydrogen) atoms. The highest BCUT2D eigenvalue weighted by molar-refractivity contribution is 7.17. The fourth-order valence-corrected chi connectivity index (χ4v) is 4.64. The van der Waals surface area contributed by atoms with Crippen LogP contribution in [0.4, 0.5) is 5.69 Å². The van der Waals surface area contributed by atoms with Crippen LogP contribution >= 0.6 is 11.3 Å². The van der Waals surface area contributed by atoms with E-state index < -0.39 is 0 Å². The zero-order valence-electron chi connectivity index (χ0n) is 17.3. The largest absolute Gasteiger partial charge is 0.478 e. The molecular formula is C23H28N4O2S. The number of pyridine rings is 1. The summed E-state index contributed by atoms with van der Waals surface area (Å²) in [5.74, 6) is 0.308. The molecule has 7 heteroatoms. The number of hydrogen-bond donors (Lipinski definition) is 1. The van der Waals surface area contributed by atoms with Gasteiger partial charge in [0.1, 0.15) is 5.69 Å². The van der Waals surface area contributed by atoms with Crippen LogP contribution in [0.5, 0.6) is 5.88 Å². The third-order valence-electron chi connectivity index (χ3n) is 5.49. The minimum Gasteiger partial charge on any atom is -0.478 e. The molecule has 1 aliphatic heterocycles. The number of fused-ring (bicyclic) bond motifs is 1. The van der Waals surface area contributed by atoms with Crippen molar-refractivity contribution in [2.24, 2.45) is 0 Å². The lowest BCUT2D eigenvalue weighted by atomic mass is 10.2. The van der Waals surface area contributed by atoms with Gasteiger partial charge in [-0.25, -0.2) is 4.98 Å². The Balaban J connectivity index is 1.17. The number of aromatic nitrogens is 1. The average Bonchev–Trinajstić information content (AvgIpc) is 3.28. The van der Waals surface area contributed by atoms with Crippen LogP contribution in [0.25, 0.3) is 10.1 Å². The summed E-state index contributed by atoms with van der Waals surface area (Å²) < 4.78 is 7.09. The molecule has 0 atom stereocenters. The summed E-state index contributed by atoms with van der Waals surface area (Å²) in [7, 11) is 1.60. The van der Waals surface area contributed by atoms with E-state index in [1.54, 1.807) is 25.2 Å². The van der Waals surface area contributed by atoms with Gasteiger partial charge in [0.05, 0.1) is 6.61 Å². The molecule has 2 aromatic heterocycles. The number of thiophene rings is 1. The number of carbonyl (C=O) groups is 1. The van der Waals surface area contributed by atoms with Gasteiger partial charge in [0, 0.05) is 55.1 Å². The first-order chi connectivity index (χ1) is 14.7. The van der Waals surface area contributed by atoms with Gasteiger partial charge >= 0.3 is 0 Å². The Morgan fingerprint density at radius 1 is 1.10 bits per heavy atom. The van der Waals surface area contributed by atoms with Crippen molar-refractivity contribution in [3.63, 3.8) is 0 Å². The van der Waals surface area contributed by atoms with Crippen LogP contribution in [0, 0.1) is 0 Å². The number of amides is 1. The van der Waals surface area contributed by atoms with Gasteiger partial charge in [0.15, 0.2) is 0 Å². The van der Waals surface area contributed by atoms with Crippen LogP contribution in [-0.4, -0.2) is 62.2 Å². The van der Waals surface area contributed by atoms with Crippen LogP contribution < -0.4 is 15.0 Å². The van der Waals surface area contributed by atoms with E-state index in [-0.39, 0.29) is 5.91 Å². The molecule has 1 N–H and O–H groups in total. The van der Waals surface area contributed by atoms with E-state index in [2.05, 4.69) is 49.7 Å². The molecule has 0 bridgehead atoms. The lowest BCUT2D eigenvalue weighted by Crippen LogP contribution is -2.46. The zero-order chi connectivity index (χ0) is 20.8. The van der Waals surface area contributed by atoms with Crippen LogP contribution in [0.3, 0.4) is 0 Å². The topological polar surface area (TPSA) is 57.7 Å². The van der Waals surface area contributed by atoms with Gasteiger partial charge in [-0.2, -0.15) is 0 Å². The van der Waals surface area contributed by atoms with Crippen LogP contribution in [0.1, 0.15) is 23.3 Å². The molecule has 0 spiro atoms. The van der Waals surface area contributed by atoms with Crippen LogP contribution in [-0.2, 0) is 0 Å². The highest BCUT2D eigenvalue weighted by Crippen LogP contribution is 2.31. The van der Waals surface area contributed by atoms with E-state index in [0.717, 1.165) is 45.6 Å². The smallest absolute Gasteiger partial charge is 0.269 e. The second kappa shape index (κ2) is 9.91. The van der Waals surface area contributed by atoms with Crippen molar-refractivity contribution < 1.29 is 9.53 Å². The minimum atomic E-state index is -0.199. The third kappa shape index (κ3) is 4.91. The summed E-state index contributed by atoms with van der Waals surface area (Å²) in [6.07, 6.45) is 2.07. The Bertz CT molecular complexity index is 982. The first-order valence-corrected chi connectivity index (χ1v) is 11.4. The summed E-state index contributed by atoms with van der Waals surface area (Å²) in [5, 5.41) is 6.13. The number of ether oxygens (including phenoxy) is 1. The predicted octanol–water partition coefficient (Wildman–Crippen LogP) is 3.64. The van der Waals surface area contributed by atoms with Gasteiger partial charge in [0.2, 0.25) is 5.88 Å². The Kier molecular flexibility index (Phi) is 6.81. The van der Waals surface area contributed by atoms with E-state index in [1.807, 2.05) is 11.3 Å². The standard InChI is InChI=1S/C23H28N4O2S/c1-24-23(28)19-6-4-9-22(25-19)29-16-3-2-11-26-12-14-27(15-13-26)20-7-5-8-21-18(20)10-17-30-21/h4-10,17H,2-3,11-16H2,1H3,(H,24,28). The maximum atomic E-state index is 11.6. The van der Waals surface area contributed by atoms with E-state index in [4.69, 9.17) is 4.74 Å². The van der Waals surface area contributed by atoms with Crippen molar-refractivity contribution in [1.82, 2.24) is 15.2 Å². The zero-order valence-corrected chi connectivity index (χ0v) is 18.2. The maximum absolute atomic E-state index is 11.6. The van der Waals surface area contributed by atoms with Crippen molar-refractivity contribution in [2.45, 2.75) is 12.8 Å². The van der Waals surface area contributed by atoms with E-state index in [0.29, 0.717) is 18.2 Å². The number of unbranched alkanes of at least 4 members (excludes halogenated alkanes) is 1. The number of carbonyl (C=O) groups excluding carboxylic acids is 1. The molecule has 0 saturated carbocycles. The highest BCUT2D eigenvalue weighted by atomic mass is 32.1. The van der Waals surface area contributed by atoms with Crippen molar-refractivity contribution in [1.29, 1.82) is 0 Å². The third-order valence-corrected chi connectivity index (χ3v) is 6.37. The normalized spacial score (nSPS) is 14.8. The quantitative estimate of drug-likeness (QED) is 0.560. The molecule has 0 aliphatic carbocycles. The van der Waals surface area contributed by atoms with Crippen molar-refractivity contribution in [2.75, 3.05) is 51.3 Å². The van der Waals surface area contributed by atoms with Crippen molar-refractivity contribution in [3.05, 3.63) is 53.5 Å². The van der Waals surface area contributed by atoms with E-state index in [1.165, 1.54) is 15.8 Å². The molecule has 1 fully saturated rings. The molecule has 3 aromatic rings. The fourth-order valence-electron chi connectivity index (χ4n) is 3.83. The van der Waals surface area contributed by atoms with E-state index in [9.17, 15) is 4.79 Å². The maximum Gasteiger partial charge on any atom is 0.269 e.